The third kappa shape index (κ3) is 3.17. The summed E-state index contributed by atoms with van der Waals surface area (Å²) in [6.07, 6.45) is 5.34. The monoisotopic (exact) mass is 273 g/mol. The van der Waals surface area contributed by atoms with Crippen molar-refractivity contribution in [2.24, 2.45) is 10.8 Å². The Morgan fingerprint density at radius 1 is 1.47 bits per heavy atom. The number of hydrogen-bond acceptors (Lipinski definition) is 3. The maximum Gasteiger partial charge on any atom is 0.184 e. The van der Waals surface area contributed by atoms with Crippen molar-refractivity contribution in [2.75, 3.05) is 0 Å². The van der Waals surface area contributed by atoms with Gasteiger partial charge in [-0.05, 0) is 49.3 Å². The van der Waals surface area contributed by atoms with Crippen molar-refractivity contribution in [3.63, 3.8) is 0 Å². The second-order valence-corrected chi connectivity index (χ2v) is 4.64. The van der Waals surface area contributed by atoms with Gasteiger partial charge in [0.2, 0.25) is 0 Å². The van der Waals surface area contributed by atoms with E-state index in [2.05, 4.69) is 27.8 Å². The molecule has 3 N–H and O–H groups in total. The van der Waals surface area contributed by atoms with Gasteiger partial charge in [0.1, 0.15) is 0 Å². The zero-order valence-electron chi connectivity index (χ0n) is 10.8. The van der Waals surface area contributed by atoms with Crippen LogP contribution in [0.5, 0.6) is 0 Å². The maximum absolute atomic E-state index is 5.34. The van der Waals surface area contributed by atoms with Gasteiger partial charge in [0.05, 0.1) is 11.9 Å². The number of aryl methyl sites for hydroxylation is 2. The van der Waals surface area contributed by atoms with Crippen LogP contribution in [0.3, 0.4) is 0 Å². The van der Waals surface area contributed by atoms with E-state index in [1.807, 2.05) is 30.8 Å². The van der Waals surface area contributed by atoms with Crippen LogP contribution in [-0.4, -0.2) is 21.1 Å². The molecule has 0 unspecified atom stereocenters. The summed E-state index contributed by atoms with van der Waals surface area (Å²) in [5, 5.41) is 8.42. The van der Waals surface area contributed by atoms with Crippen LogP contribution in [0.1, 0.15) is 16.7 Å². The van der Waals surface area contributed by atoms with E-state index in [0.29, 0.717) is 0 Å². The van der Waals surface area contributed by atoms with Crippen LogP contribution in [0, 0.1) is 13.8 Å². The molecule has 98 valence electrons. The Kier molecular flexibility index (Phi) is 3.91. The van der Waals surface area contributed by atoms with Gasteiger partial charge in [-0.25, -0.2) is 4.68 Å². The van der Waals surface area contributed by atoms with Crippen LogP contribution in [-0.2, 0) is 0 Å². The van der Waals surface area contributed by atoms with Gasteiger partial charge >= 0.3 is 0 Å². The molecule has 0 aliphatic rings. The highest BCUT2D eigenvalue weighted by Crippen LogP contribution is 2.18. The molecule has 0 amide bonds. The van der Waals surface area contributed by atoms with E-state index in [1.165, 1.54) is 5.56 Å². The average Bonchev–Trinajstić information content (AvgIpc) is 2.84. The largest absolute Gasteiger partial charge is 0.375 e. The normalized spacial score (nSPS) is 10.8. The van der Waals surface area contributed by atoms with Gasteiger partial charge in [-0.3, -0.25) is 5.43 Å². The van der Waals surface area contributed by atoms with Crippen LogP contribution in [0.25, 0.3) is 5.69 Å². The summed E-state index contributed by atoms with van der Waals surface area (Å²) >= 11 is 4.71. The lowest BCUT2D eigenvalue weighted by atomic mass is 10.0. The fourth-order valence-electron chi connectivity index (χ4n) is 1.89. The Labute approximate surface area is 117 Å². The van der Waals surface area contributed by atoms with Gasteiger partial charge in [0, 0.05) is 18.0 Å². The Hall–Kier alpha value is -2.21. The number of thiocarbonyl (C=S) groups is 1. The Balaban J connectivity index is 2.46. The Morgan fingerprint density at radius 2 is 2.26 bits per heavy atom. The molecule has 19 heavy (non-hydrogen) atoms. The number of hydrazone groups is 1. The first kappa shape index (κ1) is 13.2. The quantitative estimate of drug-likeness (QED) is 0.507. The van der Waals surface area contributed by atoms with Crippen LogP contribution >= 0.6 is 12.2 Å². The van der Waals surface area contributed by atoms with Crippen LogP contribution in [0.4, 0.5) is 0 Å². The lowest BCUT2D eigenvalue weighted by molar-refractivity contribution is 0.875. The molecule has 1 heterocycles. The smallest absolute Gasteiger partial charge is 0.184 e. The molecule has 0 fully saturated rings. The highest BCUT2D eigenvalue weighted by molar-refractivity contribution is 7.80. The van der Waals surface area contributed by atoms with Gasteiger partial charge in [-0.2, -0.15) is 10.2 Å². The minimum Gasteiger partial charge on any atom is -0.375 e. The van der Waals surface area contributed by atoms with E-state index in [4.69, 9.17) is 18.0 Å². The average molecular weight is 273 g/mol. The number of nitrogens with one attached hydrogen (secondary N) is 1. The van der Waals surface area contributed by atoms with Crippen molar-refractivity contribution in [1.29, 1.82) is 0 Å². The lowest BCUT2D eigenvalue weighted by Gasteiger charge is -2.10. The zero-order chi connectivity index (χ0) is 13.8. The van der Waals surface area contributed by atoms with E-state index in [1.54, 1.807) is 12.4 Å². The SMILES string of the molecule is Cc1cc(C)c(C=NNC(N)=S)c(-n2cccn2)c1. The Bertz CT molecular complexity index is 616. The molecule has 2 aromatic rings. The van der Waals surface area contributed by atoms with Crippen LogP contribution in [0.2, 0.25) is 0 Å². The summed E-state index contributed by atoms with van der Waals surface area (Å²) in [5.41, 5.74) is 12.1. The van der Waals surface area contributed by atoms with Gasteiger partial charge in [0.15, 0.2) is 5.11 Å². The summed E-state index contributed by atoms with van der Waals surface area (Å²) in [6.45, 7) is 4.08. The van der Waals surface area contributed by atoms with E-state index in [0.717, 1.165) is 16.8 Å². The summed E-state index contributed by atoms with van der Waals surface area (Å²) in [5.74, 6) is 0. The minimum absolute atomic E-state index is 0.140. The molecule has 0 saturated heterocycles. The molecule has 1 aromatic carbocycles. The standard InChI is InChI=1S/C13H15N5S/c1-9-6-10(2)11(8-15-17-13(14)19)12(7-9)18-5-3-4-16-18/h3-8H,1-2H3,(H3,14,17,19). The Morgan fingerprint density at radius 3 is 2.89 bits per heavy atom. The predicted molar refractivity (Wildman–Crippen MR) is 80.6 cm³/mol. The molecule has 0 radical (unpaired) electrons. The second kappa shape index (κ2) is 5.62. The number of rotatable bonds is 3. The van der Waals surface area contributed by atoms with Gasteiger partial charge < -0.3 is 5.73 Å². The molecule has 0 spiro atoms. The number of aromatic nitrogens is 2. The highest BCUT2D eigenvalue weighted by Gasteiger charge is 2.07. The summed E-state index contributed by atoms with van der Waals surface area (Å²) in [7, 11) is 0. The van der Waals surface area contributed by atoms with Crippen molar-refractivity contribution in [1.82, 2.24) is 15.2 Å². The predicted octanol–water partition coefficient (Wildman–Crippen LogP) is 1.66. The van der Waals surface area contributed by atoms with Gasteiger partial charge in [-0.1, -0.05) is 6.07 Å². The van der Waals surface area contributed by atoms with Crippen molar-refractivity contribution in [3.8, 4) is 5.69 Å². The minimum atomic E-state index is 0.140. The molecule has 1 aromatic heterocycles. The molecule has 5 nitrogen and oxygen atoms in total. The second-order valence-electron chi connectivity index (χ2n) is 4.20. The fourth-order valence-corrected chi connectivity index (χ4v) is 1.94. The summed E-state index contributed by atoms with van der Waals surface area (Å²) < 4.78 is 1.81. The first-order chi connectivity index (χ1) is 9.08. The van der Waals surface area contributed by atoms with E-state index < -0.39 is 0 Å². The number of hydrogen-bond donors (Lipinski definition) is 2. The number of benzene rings is 1. The van der Waals surface area contributed by atoms with E-state index in [-0.39, 0.29) is 5.11 Å². The van der Waals surface area contributed by atoms with Crippen molar-refractivity contribution >= 4 is 23.5 Å². The van der Waals surface area contributed by atoms with Gasteiger partial charge in [0.25, 0.3) is 0 Å². The molecule has 0 atom stereocenters. The van der Waals surface area contributed by atoms with E-state index in [9.17, 15) is 0 Å². The zero-order valence-corrected chi connectivity index (χ0v) is 11.6. The topological polar surface area (TPSA) is 68.2 Å². The first-order valence-electron chi connectivity index (χ1n) is 5.77. The molecule has 0 bridgehead atoms. The van der Waals surface area contributed by atoms with Crippen molar-refractivity contribution in [2.45, 2.75) is 13.8 Å². The van der Waals surface area contributed by atoms with Crippen molar-refractivity contribution < 1.29 is 0 Å². The van der Waals surface area contributed by atoms with Crippen molar-refractivity contribution in [3.05, 3.63) is 47.3 Å². The lowest BCUT2D eigenvalue weighted by Crippen LogP contribution is -2.24. The molecule has 0 saturated carbocycles. The fraction of sp³-hybridized carbons (Fsp3) is 0.154. The molecular formula is C13H15N5S. The molecule has 0 aliphatic carbocycles. The van der Waals surface area contributed by atoms with Gasteiger partial charge in [-0.15, -0.1) is 0 Å². The highest BCUT2D eigenvalue weighted by atomic mass is 32.1. The van der Waals surface area contributed by atoms with Crippen LogP contribution < -0.4 is 11.2 Å². The molecule has 2 rings (SSSR count). The number of nitrogens with zero attached hydrogens (tertiary/aromatic N) is 3. The molecule has 0 aliphatic heterocycles. The van der Waals surface area contributed by atoms with Crippen LogP contribution in [0.15, 0.2) is 35.7 Å². The van der Waals surface area contributed by atoms with E-state index >= 15 is 0 Å². The maximum atomic E-state index is 5.34. The molecular weight excluding hydrogens is 258 g/mol. The summed E-state index contributed by atoms with van der Waals surface area (Å²) in [4.78, 5) is 0. The first-order valence-corrected chi connectivity index (χ1v) is 6.18. The third-order valence-corrected chi connectivity index (χ3v) is 2.72. The number of nitrogens with two attached hydrogens (primary N) is 1. The summed E-state index contributed by atoms with van der Waals surface area (Å²) in [6, 6.07) is 6.03. The molecule has 6 heteroatoms. The third-order valence-electron chi connectivity index (χ3n) is 2.63.